The number of amides is 4. The molecule has 17 nitrogen and oxygen atoms in total. The SMILES string of the molecule is Cc1ncsc1-c1ccc([C@H](C)NC(=O)[C@@H]2C[C@@H](O)CN2C(=O)[C@@H](NC(=O)CCCCCCCCC(=O)N2CCN(c3ccc(N4CCCC(O/C(=C/C(=N)c5ccccc5O)C(=N)N)C4)cc3)CC2)C(C)(C)C)cc1. The molecular formula is C58H78N10O7S. The highest BCUT2D eigenvalue weighted by molar-refractivity contribution is 7.13. The van der Waals surface area contributed by atoms with Gasteiger partial charge in [0.05, 0.1) is 40.5 Å². The summed E-state index contributed by atoms with van der Waals surface area (Å²) in [5.41, 5.74) is 12.5. The number of phenolic OH excluding ortho intramolecular Hbond substituents is 1. The van der Waals surface area contributed by atoms with Crippen LogP contribution in [0.2, 0.25) is 0 Å². The van der Waals surface area contributed by atoms with Crippen molar-refractivity contribution in [3.05, 3.63) is 107 Å². The Kier molecular flexibility index (Phi) is 19.7. The topological polar surface area (TPSA) is 242 Å². The Labute approximate surface area is 451 Å². The number of rotatable bonds is 22. The second-order valence-electron chi connectivity index (χ2n) is 21.6. The second-order valence-corrected chi connectivity index (χ2v) is 22.4. The number of aliphatic hydroxyl groups excluding tert-OH is 1. The van der Waals surface area contributed by atoms with Crippen LogP contribution in [0.5, 0.6) is 5.75 Å². The average molecular weight is 1060 g/mol. The number of phenols is 1. The molecular weight excluding hydrogens is 981 g/mol. The average Bonchev–Trinajstić information content (AvgIpc) is 4.03. The Morgan fingerprint density at radius 2 is 1.50 bits per heavy atom. The normalized spacial score (nSPS) is 19.0. The Bertz CT molecular complexity index is 2680. The van der Waals surface area contributed by atoms with Crippen LogP contribution in [-0.2, 0) is 23.9 Å². The molecule has 408 valence electrons. The fourth-order valence-electron chi connectivity index (χ4n) is 10.3. The van der Waals surface area contributed by atoms with E-state index in [9.17, 15) is 29.4 Å². The number of anilines is 2. The van der Waals surface area contributed by atoms with Crippen molar-refractivity contribution in [1.82, 2.24) is 25.4 Å². The summed E-state index contributed by atoms with van der Waals surface area (Å²) in [7, 11) is 0. The summed E-state index contributed by atoms with van der Waals surface area (Å²) >= 11 is 1.58. The van der Waals surface area contributed by atoms with Gasteiger partial charge in [-0.3, -0.25) is 30.0 Å². The molecule has 4 aromatic rings. The maximum absolute atomic E-state index is 14.1. The number of aryl methyl sites for hydroxylation is 1. The Hall–Kier alpha value is -6.79. The standard InChI is InChI=1S/C58H78N10O7S/c1-38(40-20-22-41(23-21-40)53-39(2)62-37-76-53)63-56(73)48-33-44(69)35-68(48)57(74)54(58(3,4)5)64-51(71)18-10-8-6-7-9-11-19-52(72)66-31-29-65(30-32-66)42-24-26-43(27-25-42)67-28-14-15-45(36-67)75-50(55(60)61)34-47(59)46-16-12-13-17-49(46)70/h12-13,16-17,20-27,34,37-38,44-45,48,54,59,69-70H,6-11,14-15,18-19,28-33,35-36H2,1-5H3,(H3,60,61)(H,63,73)(H,64,71)/b50-34+,59-47?/t38-,44+,45?,48-,54+/m0/s1. The molecule has 0 spiro atoms. The number of nitrogens with one attached hydrogen (secondary N) is 4. The fraction of sp³-hybridized carbons (Fsp3) is 0.500. The van der Waals surface area contributed by atoms with Crippen molar-refractivity contribution in [2.45, 2.75) is 136 Å². The van der Waals surface area contributed by atoms with Crippen molar-refractivity contribution in [2.24, 2.45) is 11.1 Å². The predicted molar refractivity (Wildman–Crippen MR) is 300 cm³/mol. The van der Waals surface area contributed by atoms with Crippen molar-refractivity contribution < 1.29 is 34.1 Å². The number of aliphatic hydroxyl groups is 1. The van der Waals surface area contributed by atoms with E-state index in [2.05, 4.69) is 49.7 Å². The van der Waals surface area contributed by atoms with E-state index >= 15 is 0 Å². The van der Waals surface area contributed by atoms with Gasteiger partial charge in [-0.2, -0.15) is 0 Å². The van der Waals surface area contributed by atoms with E-state index < -0.39 is 23.6 Å². The summed E-state index contributed by atoms with van der Waals surface area (Å²) in [6.07, 6.45) is 8.07. The third kappa shape index (κ3) is 15.2. The Balaban J connectivity index is 0.769. The second kappa shape index (κ2) is 26.3. The molecule has 4 amide bonds. The fourth-order valence-corrected chi connectivity index (χ4v) is 11.1. The number of benzene rings is 3. The van der Waals surface area contributed by atoms with Gasteiger partial charge >= 0.3 is 0 Å². The van der Waals surface area contributed by atoms with Gasteiger partial charge in [0.1, 0.15) is 23.9 Å². The number of amidine groups is 1. The van der Waals surface area contributed by atoms with Crippen LogP contribution in [0.4, 0.5) is 11.4 Å². The zero-order valence-electron chi connectivity index (χ0n) is 44.9. The summed E-state index contributed by atoms with van der Waals surface area (Å²) in [6.45, 7) is 13.8. The van der Waals surface area contributed by atoms with E-state index in [4.69, 9.17) is 21.3 Å². The zero-order valence-corrected chi connectivity index (χ0v) is 45.7. The van der Waals surface area contributed by atoms with Gasteiger partial charge in [0, 0.05) is 81.5 Å². The highest BCUT2D eigenvalue weighted by Crippen LogP contribution is 2.31. The molecule has 0 bridgehead atoms. The van der Waals surface area contributed by atoms with Crippen LogP contribution in [-0.4, -0.2) is 130 Å². The number of para-hydroxylation sites is 1. The minimum Gasteiger partial charge on any atom is -0.507 e. The molecule has 0 radical (unpaired) electrons. The highest BCUT2D eigenvalue weighted by atomic mass is 32.1. The highest BCUT2D eigenvalue weighted by Gasteiger charge is 2.44. The molecule has 8 N–H and O–H groups in total. The molecule has 1 aromatic heterocycles. The summed E-state index contributed by atoms with van der Waals surface area (Å²) in [5.74, 6) is -0.949. The number of hydrogen-bond acceptors (Lipinski definition) is 13. The summed E-state index contributed by atoms with van der Waals surface area (Å²) < 4.78 is 6.18. The molecule has 0 aliphatic carbocycles. The van der Waals surface area contributed by atoms with Crippen molar-refractivity contribution in [2.75, 3.05) is 55.6 Å². The number of β-amino-alcohol motifs (C(OH)–C–C–N with tert-alkyl or cyclic N) is 1. The van der Waals surface area contributed by atoms with Gasteiger partial charge in [-0.25, -0.2) is 4.98 Å². The maximum atomic E-state index is 14.1. The number of unbranched alkanes of at least 4 members (excludes halogenated alkanes) is 5. The third-order valence-corrected chi connectivity index (χ3v) is 15.7. The number of aromatic nitrogens is 1. The maximum Gasteiger partial charge on any atom is 0.246 e. The van der Waals surface area contributed by atoms with Crippen LogP contribution in [0.3, 0.4) is 0 Å². The molecule has 76 heavy (non-hydrogen) atoms. The number of likely N-dealkylation sites (tertiary alicyclic amines) is 1. The molecule has 3 aliphatic rings. The molecule has 4 heterocycles. The number of hydrogen-bond donors (Lipinski definition) is 7. The van der Waals surface area contributed by atoms with Gasteiger partial charge in [-0.05, 0) is 92.5 Å². The van der Waals surface area contributed by atoms with Gasteiger partial charge in [0.25, 0.3) is 0 Å². The van der Waals surface area contributed by atoms with Crippen LogP contribution in [0.25, 0.3) is 10.4 Å². The number of ether oxygens (including phenoxy) is 1. The lowest BCUT2D eigenvalue weighted by atomic mass is 9.85. The molecule has 1 unspecified atom stereocenters. The minimum absolute atomic E-state index is 0.00986. The lowest BCUT2D eigenvalue weighted by Crippen LogP contribution is -2.57. The monoisotopic (exact) mass is 1060 g/mol. The molecule has 3 aromatic carbocycles. The van der Waals surface area contributed by atoms with Crippen molar-refractivity contribution in [1.29, 1.82) is 10.8 Å². The van der Waals surface area contributed by atoms with E-state index in [1.165, 1.54) is 17.0 Å². The lowest BCUT2D eigenvalue weighted by Gasteiger charge is -2.37. The first-order valence-electron chi connectivity index (χ1n) is 26.9. The minimum atomic E-state index is -0.878. The first-order valence-corrected chi connectivity index (χ1v) is 27.8. The van der Waals surface area contributed by atoms with E-state index in [-0.39, 0.29) is 78.2 Å². The summed E-state index contributed by atoms with van der Waals surface area (Å²) in [4.78, 5) is 67.7. The number of allylic oxidation sites excluding steroid dienone is 1. The number of nitrogens with zero attached hydrogens (tertiary/aromatic N) is 5. The largest absolute Gasteiger partial charge is 0.507 e. The number of nitrogens with two attached hydrogens (primary N) is 1. The van der Waals surface area contributed by atoms with Crippen molar-refractivity contribution in [3.8, 4) is 16.2 Å². The van der Waals surface area contributed by atoms with Gasteiger partial charge in [-0.15, -0.1) is 11.3 Å². The van der Waals surface area contributed by atoms with E-state index in [1.54, 1.807) is 29.5 Å². The van der Waals surface area contributed by atoms with Gasteiger partial charge in [-0.1, -0.05) is 82.9 Å². The molecule has 3 fully saturated rings. The quantitative estimate of drug-likeness (QED) is 0.0173. The lowest BCUT2D eigenvalue weighted by molar-refractivity contribution is -0.144. The number of carbonyl (C=O) groups excluding carboxylic acids is 4. The first-order chi connectivity index (χ1) is 36.4. The number of thiazole rings is 1. The van der Waals surface area contributed by atoms with Crippen LogP contribution >= 0.6 is 11.3 Å². The summed E-state index contributed by atoms with van der Waals surface area (Å²) in [5, 5.41) is 43.4. The Morgan fingerprint density at radius 1 is 0.855 bits per heavy atom. The number of aromatic hydroxyl groups is 1. The number of piperidine rings is 1. The van der Waals surface area contributed by atoms with Crippen LogP contribution in [0, 0.1) is 23.2 Å². The van der Waals surface area contributed by atoms with E-state index in [1.807, 2.05) is 69.3 Å². The summed E-state index contributed by atoms with van der Waals surface area (Å²) in [6, 6.07) is 20.9. The molecule has 3 aliphatic heterocycles. The van der Waals surface area contributed by atoms with E-state index in [0.29, 0.717) is 38.0 Å². The van der Waals surface area contributed by atoms with Gasteiger partial charge in [0.2, 0.25) is 23.6 Å². The molecule has 5 atom stereocenters. The first kappa shape index (κ1) is 56.9. The molecule has 7 rings (SSSR count). The van der Waals surface area contributed by atoms with Crippen LogP contribution < -0.4 is 26.2 Å². The predicted octanol–water partition coefficient (Wildman–Crippen LogP) is 7.84. The van der Waals surface area contributed by atoms with Crippen molar-refractivity contribution >= 4 is 57.9 Å². The van der Waals surface area contributed by atoms with Gasteiger partial charge in [0.15, 0.2) is 11.6 Å². The molecule has 0 saturated carbocycles. The smallest absolute Gasteiger partial charge is 0.246 e. The zero-order chi connectivity index (χ0) is 54.5. The molecule has 18 heteroatoms. The van der Waals surface area contributed by atoms with Crippen LogP contribution in [0.15, 0.2) is 90.1 Å². The van der Waals surface area contributed by atoms with E-state index in [0.717, 1.165) is 97.7 Å². The van der Waals surface area contributed by atoms with Crippen molar-refractivity contribution in [3.63, 3.8) is 0 Å². The molecule has 3 saturated heterocycles. The number of piperazine rings is 1. The van der Waals surface area contributed by atoms with Crippen LogP contribution in [0.1, 0.15) is 121 Å². The van der Waals surface area contributed by atoms with Gasteiger partial charge < -0.3 is 50.9 Å². The third-order valence-electron chi connectivity index (χ3n) is 14.7. The Morgan fingerprint density at radius 3 is 2.13 bits per heavy atom. The number of carbonyl (C=O) groups is 4.